The van der Waals surface area contributed by atoms with E-state index in [1.165, 1.54) is 30.8 Å². The minimum atomic E-state index is -4.63. The number of benzene rings is 1. The van der Waals surface area contributed by atoms with Crippen LogP contribution in [0.4, 0.5) is 24.7 Å². The van der Waals surface area contributed by atoms with Crippen molar-refractivity contribution in [3.8, 4) is 11.6 Å². The zero-order chi connectivity index (χ0) is 23.6. The summed E-state index contributed by atoms with van der Waals surface area (Å²) in [5.41, 5.74) is 6.11. The van der Waals surface area contributed by atoms with E-state index in [0.717, 1.165) is 43.1 Å². The number of primary amides is 1. The minimum absolute atomic E-state index is 0.0102. The maximum Gasteiger partial charge on any atom is 0.421 e. The van der Waals surface area contributed by atoms with Crippen molar-refractivity contribution < 1.29 is 22.7 Å². The summed E-state index contributed by atoms with van der Waals surface area (Å²) in [7, 11) is 1.80. The van der Waals surface area contributed by atoms with Gasteiger partial charge in [-0.05, 0) is 49.1 Å². The van der Waals surface area contributed by atoms with Gasteiger partial charge in [-0.1, -0.05) is 19.3 Å². The molecule has 2 heterocycles. The maximum absolute atomic E-state index is 13.3. The van der Waals surface area contributed by atoms with E-state index >= 15 is 0 Å². The van der Waals surface area contributed by atoms with Crippen LogP contribution >= 0.6 is 0 Å². The van der Waals surface area contributed by atoms with Gasteiger partial charge in [0.05, 0.1) is 17.4 Å². The van der Waals surface area contributed by atoms with Crippen LogP contribution in [0.25, 0.3) is 0 Å². The Kier molecular flexibility index (Phi) is 6.26. The molecule has 0 radical (unpaired) electrons. The Labute approximate surface area is 188 Å². The van der Waals surface area contributed by atoms with Crippen LogP contribution in [0.15, 0.2) is 42.7 Å². The van der Waals surface area contributed by atoms with Gasteiger partial charge in [0.15, 0.2) is 0 Å². The quantitative estimate of drug-likeness (QED) is 0.506. The molecule has 10 heteroatoms. The topological polar surface area (TPSA) is 95.1 Å². The molecule has 1 fully saturated rings. The number of rotatable bonds is 6. The predicted octanol–water partition coefficient (Wildman–Crippen LogP) is 5.52. The third-order valence-corrected chi connectivity index (χ3v) is 5.81. The molecule has 1 aliphatic carbocycles. The highest BCUT2D eigenvalue weighted by molar-refractivity contribution is 5.99. The molecule has 0 aliphatic heterocycles. The first-order valence-corrected chi connectivity index (χ1v) is 10.7. The van der Waals surface area contributed by atoms with Gasteiger partial charge in [-0.25, -0.2) is 4.98 Å². The lowest BCUT2D eigenvalue weighted by Gasteiger charge is -2.22. The Morgan fingerprint density at radius 3 is 2.67 bits per heavy atom. The molecular weight excluding hydrogens is 435 g/mol. The number of hydrogen-bond donors (Lipinski definition) is 2. The molecule has 4 rings (SSSR count). The van der Waals surface area contributed by atoms with Gasteiger partial charge in [-0.3, -0.25) is 9.48 Å². The standard InChI is InChI=1S/C23H24F3N5O2/c1-31-21(17(13-29-31)14-6-3-2-4-7-14)30-19-10-9-15(12-16(19)20(27)32)33-22-18(23(24,25)26)8-5-11-28-22/h5,8-14,30H,2-4,6-7H2,1H3,(H2,27,32). The fourth-order valence-corrected chi connectivity index (χ4v) is 4.15. The van der Waals surface area contributed by atoms with Crippen molar-refractivity contribution >= 4 is 17.4 Å². The zero-order valence-electron chi connectivity index (χ0n) is 18.0. The Bertz CT molecular complexity index is 1150. The zero-order valence-corrected chi connectivity index (χ0v) is 18.0. The molecule has 0 spiro atoms. The first-order chi connectivity index (χ1) is 15.7. The van der Waals surface area contributed by atoms with Crippen LogP contribution in [0, 0.1) is 0 Å². The van der Waals surface area contributed by atoms with Crippen molar-refractivity contribution in [2.24, 2.45) is 12.8 Å². The van der Waals surface area contributed by atoms with Crippen LogP contribution in [-0.4, -0.2) is 20.7 Å². The normalized spacial score (nSPS) is 14.8. The van der Waals surface area contributed by atoms with E-state index in [1.807, 2.05) is 6.20 Å². The molecule has 0 atom stereocenters. The number of nitrogens with two attached hydrogens (primary N) is 1. The van der Waals surface area contributed by atoms with Gasteiger partial charge in [0.2, 0.25) is 5.88 Å². The summed E-state index contributed by atoms with van der Waals surface area (Å²) in [6, 6.07) is 6.36. The molecule has 0 bridgehead atoms. The van der Waals surface area contributed by atoms with Gasteiger partial charge >= 0.3 is 6.18 Å². The number of carbonyl (C=O) groups excluding carboxylic acids is 1. The van der Waals surface area contributed by atoms with Crippen molar-refractivity contribution in [2.45, 2.75) is 44.2 Å². The monoisotopic (exact) mass is 459 g/mol. The van der Waals surface area contributed by atoms with Gasteiger partial charge in [0.1, 0.15) is 17.1 Å². The fourth-order valence-electron chi connectivity index (χ4n) is 4.15. The van der Waals surface area contributed by atoms with Crippen molar-refractivity contribution in [2.75, 3.05) is 5.32 Å². The van der Waals surface area contributed by atoms with E-state index in [9.17, 15) is 18.0 Å². The number of nitrogens with zero attached hydrogens (tertiary/aromatic N) is 3. The lowest BCUT2D eigenvalue weighted by atomic mass is 9.85. The molecular formula is C23H24F3N5O2. The average molecular weight is 459 g/mol. The fraction of sp³-hybridized carbons (Fsp3) is 0.348. The van der Waals surface area contributed by atoms with Crippen molar-refractivity contribution in [3.63, 3.8) is 0 Å². The second kappa shape index (κ2) is 9.13. The molecule has 174 valence electrons. The summed E-state index contributed by atoms with van der Waals surface area (Å²) in [5, 5.41) is 7.61. The predicted molar refractivity (Wildman–Crippen MR) is 117 cm³/mol. The molecule has 7 nitrogen and oxygen atoms in total. The van der Waals surface area contributed by atoms with E-state index in [1.54, 1.807) is 17.8 Å². The summed E-state index contributed by atoms with van der Waals surface area (Å²) in [4.78, 5) is 15.8. The summed E-state index contributed by atoms with van der Waals surface area (Å²) < 4.78 is 46.8. The molecule has 3 aromatic rings. The first-order valence-electron chi connectivity index (χ1n) is 10.7. The van der Waals surface area contributed by atoms with Crippen LogP contribution in [0.5, 0.6) is 11.6 Å². The van der Waals surface area contributed by atoms with Gasteiger partial charge in [-0.2, -0.15) is 18.3 Å². The lowest BCUT2D eigenvalue weighted by Crippen LogP contribution is -2.15. The summed E-state index contributed by atoms with van der Waals surface area (Å²) in [6.45, 7) is 0. The SMILES string of the molecule is Cn1ncc(C2CCCCC2)c1Nc1ccc(Oc2ncccc2C(F)(F)F)cc1C(N)=O. The van der Waals surface area contributed by atoms with Crippen LogP contribution in [0.2, 0.25) is 0 Å². The number of alkyl halides is 3. The van der Waals surface area contributed by atoms with Gasteiger partial charge in [-0.15, -0.1) is 0 Å². The molecule has 0 saturated heterocycles. The number of nitrogens with one attached hydrogen (secondary N) is 1. The van der Waals surface area contributed by atoms with E-state index < -0.39 is 23.5 Å². The number of aromatic nitrogens is 3. The highest BCUT2D eigenvalue weighted by Crippen LogP contribution is 2.39. The smallest absolute Gasteiger partial charge is 0.421 e. The minimum Gasteiger partial charge on any atom is -0.438 e. The van der Waals surface area contributed by atoms with Crippen molar-refractivity contribution in [1.82, 2.24) is 14.8 Å². The number of amides is 1. The molecule has 1 aliphatic rings. The highest BCUT2D eigenvalue weighted by atomic mass is 19.4. The van der Waals surface area contributed by atoms with Crippen LogP contribution in [0.1, 0.15) is 59.5 Å². The van der Waals surface area contributed by atoms with Crippen molar-refractivity contribution in [1.29, 1.82) is 0 Å². The van der Waals surface area contributed by atoms with Crippen LogP contribution in [0.3, 0.4) is 0 Å². The third-order valence-electron chi connectivity index (χ3n) is 5.81. The van der Waals surface area contributed by atoms with Gasteiger partial charge in [0.25, 0.3) is 5.91 Å². The maximum atomic E-state index is 13.3. The number of anilines is 2. The molecule has 2 aromatic heterocycles. The third kappa shape index (κ3) is 4.94. The van der Waals surface area contributed by atoms with Crippen LogP contribution in [-0.2, 0) is 13.2 Å². The van der Waals surface area contributed by atoms with Crippen LogP contribution < -0.4 is 15.8 Å². The number of ether oxygens (including phenoxy) is 1. The molecule has 1 saturated carbocycles. The number of halogens is 3. The van der Waals surface area contributed by atoms with Crippen molar-refractivity contribution in [3.05, 3.63) is 59.4 Å². The van der Waals surface area contributed by atoms with E-state index in [4.69, 9.17) is 10.5 Å². The molecule has 33 heavy (non-hydrogen) atoms. The van der Waals surface area contributed by atoms with E-state index in [-0.39, 0.29) is 11.3 Å². The highest BCUT2D eigenvalue weighted by Gasteiger charge is 2.35. The summed E-state index contributed by atoms with van der Waals surface area (Å²) in [5.74, 6) is -0.216. The number of pyridine rings is 1. The summed E-state index contributed by atoms with van der Waals surface area (Å²) in [6.07, 6.45) is 4.08. The molecule has 3 N–H and O–H groups in total. The average Bonchev–Trinajstić information content (AvgIpc) is 3.15. The number of hydrogen-bond acceptors (Lipinski definition) is 5. The largest absolute Gasteiger partial charge is 0.438 e. The molecule has 1 aromatic carbocycles. The second-order valence-corrected chi connectivity index (χ2v) is 8.06. The Hall–Kier alpha value is -3.56. The lowest BCUT2D eigenvalue weighted by molar-refractivity contribution is -0.138. The molecule has 1 amide bonds. The Morgan fingerprint density at radius 1 is 1.21 bits per heavy atom. The van der Waals surface area contributed by atoms with Gasteiger partial charge in [0, 0.05) is 18.8 Å². The number of aryl methyl sites for hydroxylation is 1. The Balaban J connectivity index is 1.64. The number of carbonyl (C=O) groups is 1. The van der Waals surface area contributed by atoms with E-state index in [0.29, 0.717) is 11.6 Å². The second-order valence-electron chi connectivity index (χ2n) is 8.06. The van der Waals surface area contributed by atoms with Gasteiger partial charge < -0.3 is 15.8 Å². The Morgan fingerprint density at radius 2 is 1.97 bits per heavy atom. The summed E-state index contributed by atoms with van der Waals surface area (Å²) >= 11 is 0. The first kappa shape index (κ1) is 22.6. The molecule has 0 unspecified atom stereocenters. The van der Waals surface area contributed by atoms with E-state index in [2.05, 4.69) is 15.4 Å².